The first-order valence-corrected chi connectivity index (χ1v) is 19.8. The number of anilines is 3. The van der Waals surface area contributed by atoms with Gasteiger partial charge in [-0.3, -0.25) is 0 Å². The molecule has 1 heterocycles. The van der Waals surface area contributed by atoms with Crippen molar-refractivity contribution in [3.8, 4) is 39.1 Å². The van der Waals surface area contributed by atoms with Gasteiger partial charge in [0.25, 0.3) is 0 Å². The van der Waals surface area contributed by atoms with Crippen molar-refractivity contribution in [3.63, 3.8) is 0 Å². The van der Waals surface area contributed by atoms with Gasteiger partial charge in [-0.05, 0) is 104 Å². The highest BCUT2D eigenvalue weighted by atomic mass is 15.1. The Labute approximate surface area is 333 Å². The summed E-state index contributed by atoms with van der Waals surface area (Å²) in [7, 11) is 0. The van der Waals surface area contributed by atoms with E-state index in [4.69, 9.17) is 0 Å². The summed E-state index contributed by atoms with van der Waals surface area (Å²) in [5.74, 6) is 0. The van der Waals surface area contributed by atoms with Crippen molar-refractivity contribution in [2.24, 2.45) is 0 Å². The maximum atomic E-state index is 2.48. The molecule has 0 fully saturated rings. The predicted octanol–water partition coefficient (Wildman–Crippen LogP) is 15.0. The topological polar surface area (TPSA) is 8.17 Å². The number of aromatic nitrogens is 1. The Bertz CT molecular complexity index is 3030. The Hall–Kier alpha value is -7.16. The molecule has 10 aromatic rings. The van der Waals surface area contributed by atoms with Crippen LogP contribution in [0.25, 0.3) is 71.6 Å². The van der Waals surface area contributed by atoms with Gasteiger partial charge in [0, 0.05) is 44.3 Å². The molecule has 57 heavy (non-hydrogen) atoms. The van der Waals surface area contributed by atoms with Crippen molar-refractivity contribution >= 4 is 49.6 Å². The molecule has 1 aliphatic carbocycles. The van der Waals surface area contributed by atoms with Crippen LogP contribution in [0.5, 0.6) is 0 Å². The van der Waals surface area contributed by atoms with Gasteiger partial charge in [-0.2, -0.15) is 0 Å². The number of nitrogens with zero attached hydrogens (tertiary/aromatic N) is 2. The van der Waals surface area contributed by atoms with E-state index < -0.39 is 0 Å². The van der Waals surface area contributed by atoms with E-state index in [1.165, 1.54) is 82.8 Å². The molecule has 0 saturated carbocycles. The molecule has 0 saturated heterocycles. The molecule has 0 spiro atoms. The number of benzene rings is 9. The molecule has 270 valence electrons. The summed E-state index contributed by atoms with van der Waals surface area (Å²) >= 11 is 0. The van der Waals surface area contributed by atoms with Crippen LogP contribution in [0.1, 0.15) is 25.0 Å². The van der Waals surface area contributed by atoms with Crippen LogP contribution in [0.15, 0.2) is 206 Å². The lowest BCUT2D eigenvalue weighted by Crippen LogP contribution is -2.17. The SMILES string of the molecule is CC1(C)c2cc(N(c3ccc(-c4ccccc4)cc3)c3ccc(-c4ccccc4)cc3)ccc2-c2ccc(-n3c4ccccc4c4ccc5ccccc5c43)cc21. The average molecular weight is 729 g/mol. The third-order valence-corrected chi connectivity index (χ3v) is 12.2. The molecule has 0 bridgehead atoms. The fourth-order valence-corrected chi connectivity index (χ4v) is 9.30. The van der Waals surface area contributed by atoms with Crippen molar-refractivity contribution < 1.29 is 0 Å². The summed E-state index contributed by atoms with van der Waals surface area (Å²) in [6, 6.07) is 75.5. The lowest BCUT2D eigenvalue weighted by Gasteiger charge is -2.28. The Kier molecular flexibility index (Phi) is 7.55. The first-order valence-electron chi connectivity index (χ1n) is 19.8. The minimum atomic E-state index is -0.225. The van der Waals surface area contributed by atoms with Crippen LogP contribution < -0.4 is 4.90 Å². The highest BCUT2D eigenvalue weighted by Crippen LogP contribution is 2.52. The van der Waals surface area contributed by atoms with Crippen molar-refractivity contribution in [1.29, 1.82) is 0 Å². The summed E-state index contributed by atoms with van der Waals surface area (Å²) in [5, 5.41) is 5.09. The third-order valence-electron chi connectivity index (χ3n) is 12.2. The van der Waals surface area contributed by atoms with Crippen LogP contribution in [0.3, 0.4) is 0 Å². The van der Waals surface area contributed by atoms with Crippen LogP contribution in [-0.2, 0) is 5.41 Å². The van der Waals surface area contributed by atoms with Gasteiger partial charge in [-0.25, -0.2) is 0 Å². The van der Waals surface area contributed by atoms with Crippen LogP contribution in [-0.4, -0.2) is 4.57 Å². The van der Waals surface area contributed by atoms with Gasteiger partial charge in [-0.1, -0.05) is 166 Å². The molecular weight excluding hydrogens is 689 g/mol. The molecule has 2 heteroatoms. The van der Waals surface area contributed by atoms with E-state index in [-0.39, 0.29) is 5.41 Å². The van der Waals surface area contributed by atoms with Gasteiger partial charge >= 0.3 is 0 Å². The lowest BCUT2D eigenvalue weighted by atomic mass is 9.82. The standard InChI is InChI=1S/C55H40N2/c1-55(2)51-35-44(56(42-26-21-39(22-27-42)37-13-5-3-6-14-37)43-28-23-40(24-29-43)38-15-7-4-8-16-38)30-33-47(51)48-34-31-45(36-52(48)55)57-53-20-12-11-19-49(53)50-32-25-41-17-9-10-18-46(41)54(50)57/h3-36H,1-2H3. The van der Waals surface area contributed by atoms with Gasteiger partial charge < -0.3 is 9.47 Å². The predicted molar refractivity (Wildman–Crippen MR) is 241 cm³/mol. The van der Waals surface area contributed by atoms with E-state index in [0.717, 1.165) is 17.1 Å². The normalized spacial score (nSPS) is 12.9. The van der Waals surface area contributed by atoms with Gasteiger partial charge in [0.15, 0.2) is 0 Å². The van der Waals surface area contributed by atoms with E-state index in [1.54, 1.807) is 0 Å². The molecule has 1 aliphatic rings. The quantitative estimate of drug-likeness (QED) is 0.165. The maximum absolute atomic E-state index is 2.48. The second kappa shape index (κ2) is 13.0. The third kappa shape index (κ3) is 5.33. The zero-order valence-corrected chi connectivity index (χ0v) is 32.0. The molecule has 0 atom stereocenters. The minimum absolute atomic E-state index is 0.225. The number of fused-ring (bicyclic) bond motifs is 8. The molecule has 0 radical (unpaired) electrons. The second-order valence-electron chi connectivity index (χ2n) is 15.8. The zero-order chi connectivity index (χ0) is 38.1. The smallest absolute Gasteiger partial charge is 0.0619 e. The van der Waals surface area contributed by atoms with E-state index >= 15 is 0 Å². The fraction of sp³-hybridized carbons (Fsp3) is 0.0545. The van der Waals surface area contributed by atoms with Crippen LogP contribution in [0.2, 0.25) is 0 Å². The number of hydrogen-bond acceptors (Lipinski definition) is 1. The number of rotatable bonds is 6. The van der Waals surface area contributed by atoms with E-state index in [9.17, 15) is 0 Å². The molecule has 0 amide bonds. The number of hydrogen-bond donors (Lipinski definition) is 0. The van der Waals surface area contributed by atoms with E-state index in [1.807, 2.05) is 0 Å². The zero-order valence-electron chi connectivity index (χ0n) is 32.0. The highest BCUT2D eigenvalue weighted by molar-refractivity contribution is 6.18. The summed E-state index contributed by atoms with van der Waals surface area (Å²) in [6.07, 6.45) is 0. The molecule has 2 nitrogen and oxygen atoms in total. The molecule has 11 rings (SSSR count). The van der Waals surface area contributed by atoms with Crippen molar-refractivity contribution in [2.45, 2.75) is 19.3 Å². The first-order chi connectivity index (χ1) is 28.0. The molecule has 0 N–H and O–H groups in total. The van der Waals surface area contributed by atoms with Crippen molar-refractivity contribution in [2.75, 3.05) is 4.90 Å². The molecule has 9 aromatic carbocycles. The van der Waals surface area contributed by atoms with Crippen LogP contribution in [0, 0.1) is 0 Å². The highest BCUT2D eigenvalue weighted by Gasteiger charge is 2.36. The Morgan fingerprint density at radius 1 is 0.386 bits per heavy atom. The van der Waals surface area contributed by atoms with Gasteiger partial charge in [0.2, 0.25) is 0 Å². The van der Waals surface area contributed by atoms with Crippen LogP contribution in [0.4, 0.5) is 17.1 Å². The average Bonchev–Trinajstić information content (AvgIpc) is 3.73. The molecule has 1 aromatic heterocycles. The second-order valence-corrected chi connectivity index (χ2v) is 15.8. The Balaban J connectivity index is 1.03. The molecular formula is C55H40N2. The minimum Gasteiger partial charge on any atom is -0.310 e. The summed E-state index contributed by atoms with van der Waals surface area (Å²) in [5.41, 5.74) is 17.0. The van der Waals surface area contributed by atoms with E-state index in [0.29, 0.717) is 0 Å². The summed E-state index contributed by atoms with van der Waals surface area (Å²) in [6.45, 7) is 4.78. The Morgan fingerprint density at radius 3 is 1.54 bits per heavy atom. The fourth-order valence-electron chi connectivity index (χ4n) is 9.30. The van der Waals surface area contributed by atoms with Gasteiger partial charge in [0.1, 0.15) is 0 Å². The lowest BCUT2D eigenvalue weighted by molar-refractivity contribution is 0.660. The van der Waals surface area contributed by atoms with Crippen molar-refractivity contribution in [1.82, 2.24) is 4.57 Å². The Morgan fingerprint density at radius 2 is 0.895 bits per heavy atom. The van der Waals surface area contributed by atoms with Crippen molar-refractivity contribution in [3.05, 3.63) is 217 Å². The molecule has 0 unspecified atom stereocenters. The van der Waals surface area contributed by atoms with Gasteiger partial charge in [-0.15, -0.1) is 0 Å². The summed E-state index contributed by atoms with van der Waals surface area (Å²) in [4.78, 5) is 2.40. The number of para-hydroxylation sites is 1. The monoisotopic (exact) mass is 728 g/mol. The first kappa shape index (κ1) is 33.2. The van der Waals surface area contributed by atoms with Crippen LogP contribution >= 0.6 is 0 Å². The largest absolute Gasteiger partial charge is 0.310 e. The maximum Gasteiger partial charge on any atom is 0.0619 e. The molecule has 0 aliphatic heterocycles. The van der Waals surface area contributed by atoms with Gasteiger partial charge in [0.05, 0.1) is 11.0 Å². The van der Waals surface area contributed by atoms with E-state index in [2.05, 4.69) is 230 Å². The summed E-state index contributed by atoms with van der Waals surface area (Å²) < 4.78 is 2.48.